The van der Waals surface area contributed by atoms with Crippen molar-refractivity contribution in [1.29, 1.82) is 0 Å². The fourth-order valence-corrected chi connectivity index (χ4v) is 1.58. The molecule has 0 saturated heterocycles. The minimum absolute atomic E-state index is 0.915. The summed E-state index contributed by atoms with van der Waals surface area (Å²) in [6.45, 7) is 1.99. The highest BCUT2D eigenvalue weighted by atomic mass is 16.5. The van der Waals surface area contributed by atoms with Gasteiger partial charge in [-0.05, 0) is 18.4 Å². The lowest BCUT2D eigenvalue weighted by atomic mass is 10.1. The lowest BCUT2D eigenvalue weighted by Crippen LogP contribution is -2.74. The second-order valence-electron chi connectivity index (χ2n) is 3.15. The van der Waals surface area contributed by atoms with Crippen LogP contribution >= 0.6 is 0 Å². The molecular formula is C11H12NO+. The molecule has 0 bridgehead atoms. The Morgan fingerprint density at radius 3 is 2.62 bits per heavy atom. The van der Waals surface area contributed by atoms with Gasteiger partial charge in [-0.2, -0.15) is 5.48 Å². The smallest absolute Gasteiger partial charge is 0.172 e. The van der Waals surface area contributed by atoms with Crippen molar-refractivity contribution in [2.75, 3.05) is 0 Å². The van der Waals surface area contributed by atoms with Crippen LogP contribution in [-0.4, -0.2) is 5.21 Å². The van der Waals surface area contributed by atoms with Gasteiger partial charge in [-0.15, -0.1) is 0 Å². The van der Waals surface area contributed by atoms with E-state index in [1.807, 2.05) is 37.3 Å². The average Bonchev–Trinajstić information content (AvgIpc) is 2.18. The molecule has 2 aromatic rings. The Kier molecular flexibility index (Phi) is 2.00. The van der Waals surface area contributed by atoms with Crippen molar-refractivity contribution in [3.8, 4) is 0 Å². The molecule has 0 atom stereocenters. The average molecular weight is 174 g/mol. The summed E-state index contributed by atoms with van der Waals surface area (Å²) in [5, 5.41) is 11.4. The molecule has 0 fully saturated rings. The molecule has 0 radical (unpaired) electrons. The molecule has 0 unspecified atom stereocenters. The van der Waals surface area contributed by atoms with Crippen molar-refractivity contribution in [1.82, 2.24) is 0 Å². The fraction of sp³-hybridized carbons (Fsp3) is 0.0909. The Labute approximate surface area is 76.8 Å². The maximum atomic E-state index is 9.09. The zero-order valence-corrected chi connectivity index (χ0v) is 7.49. The summed E-state index contributed by atoms with van der Waals surface area (Å²) in [5.41, 5.74) is 3.19. The highest BCUT2D eigenvalue weighted by Gasteiger charge is 2.06. The second kappa shape index (κ2) is 3.17. The van der Waals surface area contributed by atoms with Crippen LogP contribution in [0.15, 0.2) is 36.4 Å². The van der Waals surface area contributed by atoms with Crippen LogP contribution in [0.2, 0.25) is 0 Å². The third-order valence-electron chi connectivity index (χ3n) is 2.32. The molecular weight excluding hydrogens is 162 g/mol. The van der Waals surface area contributed by atoms with E-state index in [2.05, 4.69) is 6.07 Å². The van der Waals surface area contributed by atoms with E-state index in [1.54, 1.807) is 0 Å². The third-order valence-corrected chi connectivity index (χ3v) is 2.32. The van der Waals surface area contributed by atoms with E-state index in [4.69, 9.17) is 5.21 Å². The van der Waals surface area contributed by atoms with Gasteiger partial charge in [-0.1, -0.05) is 30.3 Å². The van der Waals surface area contributed by atoms with Gasteiger partial charge in [-0.3, -0.25) is 0 Å². The Hall–Kier alpha value is -1.38. The van der Waals surface area contributed by atoms with Gasteiger partial charge in [0.1, 0.15) is 0 Å². The van der Waals surface area contributed by atoms with Crippen molar-refractivity contribution >= 4 is 16.5 Å². The van der Waals surface area contributed by atoms with E-state index in [-0.39, 0.29) is 0 Å². The minimum atomic E-state index is 0.915. The predicted molar refractivity (Wildman–Crippen MR) is 52.1 cm³/mol. The van der Waals surface area contributed by atoms with Gasteiger partial charge in [0.25, 0.3) is 0 Å². The Morgan fingerprint density at radius 1 is 1.08 bits per heavy atom. The summed E-state index contributed by atoms with van der Waals surface area (Å²) in [7, 11) is 0. The molecule has 0 aromatic heterocycles. The molecule has 0 aliphatic rings. The zero-order valence-electron chi connectivity index (χ0n) is 7.49. The summed E-state index contributed by atoms with van der Waals surface area (Å²) in [6.07, 6.45) is 0. The molecule has 0 amide bonds. The summed E-state index contributed by atoms with van der Waals surface area (Å²) >= 11 is 0. The van der Waals surface area contributed by atoms with E-state index in [0.29, 0.717) is 0 Å². The normalized spacial score (nSPS) is 10.6. The van der Waals surface area contributed by atoms with Gasteiger partial charge in [0.15, 0.2) is 5.69 Å². The van der Waals surface area contributed by atoms with Crippen LogP contribution in [-0.2, 0) is 0 Å². The lowest BCUT2D eigenvalue weighted by molar-refractivity contribution is -0.825. The maximum Gasteiger partial charge on any atom is 0.172 e. The van der Waals surface area contributed by atoms with Gasteiger partial charge in [-0.25, -0.2) is 5.21 Å². The summed E-state index contributed by atoms with van der Waals surface area (Å²) < 4.78 is 0. The van der Waals surface area contributed by atoms with Crippen molar-refractivity contribution < 1.29 is 10.7 Å². The van der Waals surface area contributed by atoms with Crippen LogP contribution in [0, 0.1) is 6.92 Å². The van der Waals surface area contributed by atoms with E-state index in [9.17, 15) is 0 Å². The molecule has 0 aliphatic heterocycles. The fourth-order valence-electron chi connectivity index (χ4n) is 1.58. The number of rotatable bonds is 1. The van der Waals surface area contributed by atoms with Crippen molar-refractivity contribution in [2.24, 2.45) is 0 Å². The van der Waals surface area contributed by atoms with Crippen LogP contribution in [0.4, 0.5) is 5.69 Å². The van der Waals surface area contributed by atoms with Gasteiger partial charge in [0.05, 0.1) is 0 Å². The number of nitrogens with two attached hydrogens (primary N) is 1. The number of quaternary nitrogens is 1. The number of aryl methyl sites for hydroxylation is 1. The Morgan fingerprint density at radius 2 is 1.85 bits per heavy atom. The topological polar surface area (TPSA) is 36.8 Å². The van der Waals surface area contributed by atoms with Crippen molar-refractivity contribution in [3.05, 3.63) is 42.0 Å². The molecule has 13 heavy (non-hydrogen) atoms. The molecule has 2 rings (SSSR count). The molecule has 66 valence electrons. The zero-order chi connectivity index (χ0) is 9.26. The quantitative estimate of drug-likeness (QED) is 0.501. The minimum Gasteiger partial charge on any atom is -0.215 e. The molecule has 0 spiro atoms. The van der Waals surface area contributed by atoms with Gasteiger partial charge in [0, 0.05) is 10.9 Å². The Balaban J connectivity index is 2.84. The highest BCUT2D eigenvalue weighted by molar-refractivity contribution is 5.91. The van der Waals surface area contributed by atoms with Crippen LogP contribution in [0.5, 0.6) is 0 Å². The largest absolute Gasteiger partial charge is 0.215 e. The van der Waals surface area contributed by atoms with Crippen LogP contribution in [0.1, 0.15) is 5.56 Å². The number of fused-ring (bicyclic) bond motifs is 1. The standard InChI is InChI=1S/C11H11NO/c1-8-6-7-9-4-2-3-5-10(9)11(8)12-13/h2-7,12-13H,1H3/p+1. The Bertz CT molecular complexity index is 437. The first kappa shape index (κ1) is 8.23. The monoisotopic (exact) mass is 174 g/mol. The van der Waals surface area contributed by atoms with Gasteiger partial charge in [0.2, 0.25) is 0 Å². The SMILES string of the molecule is Cc1ccc2ccccc2c1[NH2+]O. The van der Waals surface area contributed by atoms with Crippen LogP contribution in [0.25, 0.3) is 10.8 Å². The molecule has 0 aliphatic carbocycles. The second-order valence-corrected chi connectivity index (χ2v) is 3.15. The summed E-state index contributed by atoms with van der Waals surface area (Å²) in [4.78, 5) is 0. The summed E-state index contributed by atoms with van der Waals surface area (Å²) in [6, 6.07) is 12.1. The highest BCUT2D eigenvalue weighted by Crippen LogP contribution is 2.22. The molecule has 3 N–H and O–H groups in total. The van der Waals surface area contributed by atoms with E-state index in [1.165, 1.54) is 5.48 Å². The maximum absolute atomic E-state index is 9.09. The van der Waals surface area contributed by atoms with Crippen molar-refractivity contribution in [3.63, 3.8) is 0 Å². The van der Waals surface area contributed by atoms with Crippen LogP contribution in [0.3, 0.4) is 0 Å². The van der Waals surface area contributed by atoms with Gasteiger partial charge < -0.3 is 0 Å². The van der Waals surface area contributed by atoms with E-state index < -0.39 is 0 Å². The number of hydrogen-bond donors (Lipinski definition) is 2. The van der Waals surface area contributed by atoms with E-state index in [0.717, 1.165) is 22.0 Å². The van der Waals surface area contributed by atoms with Gasteiger partial charge >= 0.3 is 0 Å². The molecule has 0 saturated carbocycles. The number of benzene rings is 2. The molecule has 0 heterocycles. The first-order chi connectivity index (χ1) is 6.33. The third kappa shape index (κ3) is 1.30. The number of hydrogen-bond acceptors (Lipinski definition) is 1. The summed E-state index contributed by atoms with van der Waals surface area (Å²) in [5.74, 6) is 0. The molecule has 2 nitrogen and oxygen atoms in total. The van der Waals surface area contributed by atoms with E-state index >= 15 is 0 Å². The van der Waals surface area contributed by atoms with Crippen LogP contribution < -0.4 is 5.48 Å². The first-order valence-electron chi connectivity index (χ1n) is 4.28. The predicted octanol–water partition coefficient (Wildman–Crippen LogP) is 1.73. The first-order valence-corrected chi connectivity index (χ1v) is 4.28. The molecule has 2 aromatic carbocycles. The lowest BCUT2D eigenvalue weighted by Gasteiger charge is -2.03. The van der Waals surface area contributed by atoms with Crippen molar-refractivity contribution in [2.45, 2.75) is 6.92 Å². The molecule has 2 heteroatoms.